The van der Waals surface area contributed by atoms with Gasteiger partial charge in [0, 0.05) is 11.1 Å². The molecule has 0 aliphatic rings. The van der Waals surface area contributed by atoms with E-state index in [4.69, 9.17) is 4.74 Å². The second-order valence-electron chi connectivity index (χ2n) is 6.30. The standard InChI is InChI=1S/C21H24F4O/c1-3-5-6-7-13-26-17-12-11-16(20(24)21(17)25)15-10-9-14(8-4-2)18(22)19(15)23/h9-12H,3-8,13H2,1-2H3. The summed E-state index contributed by atoms with van der Waals surface area (Å²) in [4.78, 5) is 0. The summed E-state index contributed by atoms with van der Waals surface area (Å²) >= 11 is 0. The molecule has 142 valence electrons. The minimum atomic E-state index is -1.24. The van der Waals surface area contributed by atoms with Crippen molar-refractivity contribution in [1.82, 2.24) is 0 Å². The molecule has 0 heterocycles. The van der Waals surface area contributed by atoms with Crippen LogP contribution in [0, 0.1) is 23.3 Å². The van der Waals surface area contributed by atoms with Crippen molar-refractivity contribution < 1.29 is 22.3 Å². The maximum atomic E-state index is 14.4. The first-order valence-electron chi connectivity index (χ1n) is 9.09. The number of rotatable bonds is 9. The highest BCUT2D eigenvalue weighted by molar-refractivity contribution is 5.66. The largest absolute Gasteiger partial charge is 0.490 e. The zero-order valence-electron chi connectivity index (χ0n) is 15.2. The summed E-state index contributed by atoms with van der Waals surface area (Å²) in [5.41, 5.74) is -0.393. The van der Waals surface area contributed by atoms with Crippen molar-refractivity contribution in [2.45, 2.75) is 52.4 Å². The van der Waals surface area contributed by atoms with E-state index in [1.807, 2.05) is 6.92 Å². The summed E-state index contributed by atoms with van der Waals surface area (Å²) < 4.78 is 62.3. The van der Waals surface area contributed by atoms with Crippen molar-refractivity contribution in [2.24, 2.45) is 0 Å². The molecule has 0 atom stereocenters. The Morgan fingerprint density at radius 3 is 2.00 bits per heavy atom. The van der Waals surface area contributed by atoms with Crippen LogP contribution in [0.3, 0.4) is 0 Å². The molecule has 0 spiro atoms. The van der Waals surface area contributed by atoms with Crippen molar-refractivity contribution in [3.8, 4) is 16.9 Å². The fourth-order valence-corrected chi connectivity index (χ4v) is 2.82. The highest BCUT2D eigenvalue weighted by atomic mass is 19.2. The second-order valence-corrected chi connectivity index (χ2v) is 6.30. The van der Waals surface area contributed by atoms with E-state index in [0.717, 1.165) is 25.7 Å². The zero-order chi connectivity index (χ0) is 19.1. The molecule has 2 aromatic carbocycles. The molecule has 5 heteroatoms. The minimum absolute atomic E-state index is 0.216. The normalized spacial score (nSPS) is 11.0. The Balaban J connectivity index is 2.24. The Hall–Kier alpha value is -2.04. The van der Waals surface area contributed by atoms with Gasteiger partial charge < -0.3 is 4.74 Å². The van der Waals surface area contributed by atoms with Crippen LogP contribution in [0.5, 0.6) is 5.75 Å². The van der Waals surface area contributed by atoms with Gasteiger partial charge in [-0.05, 0) is 30.5 Å². The van der Waals surface area contributed by atoms with E-state index in [-0.39, 0.29) is 29.0 Å². The van der Waals surface area contributed by atoms with Gasteiger partial charge in [-0.15, -0.1) is 0 Å². The Morgan fingerprint density at radius 2 is 1.35 bits per heavy atom. The molecule has 0 bridgehead atoms. The van der Waals surface area contributed by atoms with E-state index in [1.54, 1.807) is 0 Å². The zero-order valence-corrected chi connectivity index (χ0v) is 15.2. The van der Waals surface area contributed by atoms with Crippen LogP contribution in [0.4, 0.5) is 17.6 Å². The number of ether oxygens (including phenoxy) is 1. The SMILES string of the molecule is CCCCCCOc1ccc(-c2ccc(CCC)c(F)c2F)c(F)c1F. The molecule has 0 saturated heterocycles. The smallest absolute Gasteiger partial charge is 0.201 e. The summed E-state index contributed by atoms with van der Waals surface area (Å²) in [6.07, 6.45) is 4.85. The molecule has 0 fully saturated rings. The molecule has 0 aromatic heterocycles. The molecule has 2 rings (SSSR count). The minimum Gasteiger partial charge on any atom is -0.490 e. The number of hydrogen-bond donors (Lipinski definition) is 0. The third kappa shape index (κ3) is 4.57. The van der Waals surface area contributed by atoms with Crippen LogP contribution in [0.15, 0.2) is 24.3 Å². The first kappa shape index (κ1) is 20.3. The van der Waals surface area contributed by atoms with Gasteiger partial charge in [0.1, 0.15) is 0 Å². The maximum Gasteiger partial charge on any atom is 0.201 e. The maximum absolute atomic E-state index is 14.4. The molecule has 0 amide bonds. The fourth-order valence-electron chi connectivity index (χ4n) is 2.82. The Bertz CT molecular complexity index is 743. The number of unbranched alkanes of at least 4 members (excludes halogenated alkanes) is 3. The third-order valence-corrected chi connectivity index (χ3v) is 4.27. The average molecular weight is 368 g/mol. The lowest BCUT2D eigenvalue weighted by molar-refractivity contribution is 0.285. The summed E-state index contributed by atoms with van der Waals surface area (Å²) in [5, 5.41) is 0. The van der Waals surface area contributed by atoms with Gasteiger partial charge in [0.25, 0.3) is 0 Å². The van der Waals surface area contributed by atoms with Crippen LogP contribution < -0.4 is 4.74 Å². The molecule has 2 aromatic rings. The lowest BCUT2D eigenvalue weighted by atomic mass is 10.00. The summed E-state index contributed by atoms with van der Waals surface area (Å²) in [5.74, 6) is -4.82. The van der Waals surface area contributed by atoms with Crippen molar-refractivity contribution in [2.75, 3.05) is 6.61 Å². The highest BCUT2D eigenvalue weighted by Crippen LogP contribution is 2.33. The lowest BCUT2D eigenvalue weighted by Gasteiger charge is -2.12. The molecule has 26 heavy (non-hydrogen) atoms. The van der Waals surface area contributed by atoms with Gasteiger partial charge in [-0.2, -0.15) is 4.39 Å². The van der Waals surface area contributed by atoms with E-state index < -0.39 is 23.3 Å². The number of benzene rings is 2. The van der Waals surface area contributed by atoms with E-state index in [2.05, 4.69) is 6.92 Å². The summed E-state index contributed by atoms with van der Waals surface area (Å²) in [6, 6.07) is 5.17. The van der Waals surface area contributed by atoms with Crippen LogP contribution in [-0.4, -0.2) is 6.61 Å². The summed E-state index contributed by atoms with van der Waals surface area (Å²) in [7, 11) is 0. The van der Waals surface area contributed by atoms with Gasteiger partial charge in [-0.1, -0.05) is 51.7 Å². The molecule has 0 unspecified atom stereocenters. The van der Waals surface area contributed by atoms with Crippen LogP contribution in [-0.2, 0) is 6.42 Å². The van der Waals surface area contributed by atoms with Gasteiger partial charge in [0.2, 0.25) is 5.82 Å². The van der Waals surface area contributed by atoms with Gasteiger partial charge in [-0.3, -0.25) is 0 Å². The van der Waals surface area contributed by atoms with Crippen LogP contribution >= 0.6 is 0 Å². The highest BCUT2D eigenvalue weighted by Gasteiger charge is 2.21. The van der Waals surface area contributed by atoms with Gasteiger partial charge in [0.05, 0.1) is 6.61 Å². The molecular weight excluding hydrogens is 344 g/mol. The third-order valence-electron chi connectivity index (χ3n) is 4.27. The summed E-state index contributed by atoms with van der Waals surface area (Å²) in [6.45, 7) is 4.21. The molecule has 0 saturated carbocycles. The van der Waals surface area contributed by atoms with Crippen molar-refractivity contribution in [3.05, 3.63) is 53.1 Å². The molecule has 0 N–H and O–H groups in total. The lowest BCUT2D eigenvalue weighted by Crippen LogP contribution is -2.03. The number of halogens is 4. The first-order valence-corrected chi connectivity index (χ1v) is 9.09. The van der Waals surface area contributed by atoms with Crippen LogP contribution in [0.2, 0.25) is 0 Å². The topological polar surface area (TPSA) is 9.23 Å². The second kappa shape index (κ2) is 9.60. The number of aryl methyl sites for hydroxylation is 1. The Morgan fingerprint density at radius 1 is 0.692 bits per heavy atom. The predicted molar refractivity (Wildman–Crippen MR) is 95.3 cm³/mol. The Kier molecular flexibility index (Phi) is 7.49. The predicted octanol–water partition coefficient (Wildman–Crippen LogP) is 6.82. The first-order chi connectivity index (χ1) is 12.5. The van der Waals surface area contributed by atoms with E-state index in [1.165, 1.54) is 24.3 Å². The van der Waals surface area contributed by atoms with Crippen LogP contribution in [0.25, 0.3) is 11.1 Å². The average Bonchev–Trinajstić information content (AvgIpc) is 2.63. The van der Waals surface area contributed by atoms with Gasteiger partial charge in [0.15, 0.2) is 23.2 Å². The molecule has 1 nitrogen and oxygen atoms in total. The van der Waals surface area contributed by atoms with Gasteiger partial charge >= 0.3 is 0 Å². The molecule has 0 aliphatic heterocycles. The fraction of sp³-hybridized carbons (Fsp3) is 0.429. The van der Waals surface area contributed by atoms with E-state index in [9.17, 15) is 17.6 Å². The van der Waals surface area contributed by atoms with Crippen molar-refractivity contribution in [1.29, 1.82) is 0 Å². The monoisotopic (exact) mass is 368 g/mol. The van der Waals surface area contributed by atoms with Crippen molar-refractivity contribution in [3.63, 3.8) is 0 Å². The van der Waals surface area contributed by atoms with Gasteiger partial charge in [-0.25, -0.2) is 13.2 Å². The Labute approximate surface area is 152 Å². The quantitative estimate of drug-likeness (QED) is 0.348. The van der Waals surface area contributed by atoms with E-state index >= 15 is 0 Å². The van der Waals surface area contributed by atoms with Crippen molar-refractivity contribution >= 4 is 0 Å². The molecule has 0 radical (unpaired) electrons. The number of hydrogen-bond acceptors (Lipinski definition) is 1. The molecule has 0 aliphatic carbocycles. The van der Waals surface area contributed by atoms with E-state index in [0.29, 0.717) is 12.8 Å². The molecular formula is C21H24F4O. The van der Waals surface area contributed by atoms with Crippen LogP contribution in [0.1, 0.15) is 51.5 Å².